The number of nitrogens with one attached hydrogen (secondary N) is 1. The molecular weight excluding hydrogens is 270 g/mol. The Hall–Kier alpha value is -1.16. The Kier molecular flexibility index (Phi) is 4.68. The molecule has 1 N–H and O–H groups in total. The Bertz CT molecular complexity index is 404. The lowest BCUT2D eigenvalue weighted by Gasteiger charge is -2.09. The van der Waals surface area contributed by atoms with Gasteiger partial charge < -0.3 is 5.32 Å². The molecule has 1 amide bonds. The number of amides is 1. The standard InChI is InChI=1S/C12H14BrNO2/c1-3-11(13)12(16)14-10-6-4-5-9(7-10)8(2)15/h4-7,11H,3H2,1-2H3,(H,14,16)/t11-/m1/s1. The summed E-state index contributed by atoms with van der Waals surface area (Å²) in [5.41, 5.74) is 1.25. The Morgan fingerprint density at radius 3 is 2.69 bits per heavy atom. The molecule has 0 aromatic heterocycles. The van der Waals surface area contributed by atoms with Crippen LogP contribution in [-0.2, 0) is 4.79 Å². The molecule has 0 bridgehead atoms. The molecule has 1 rings (SSSR count). The summed E-state index contributed by atoms with van der Waals surface area (Å²) in [5, 5.41) is 2.75. The maximum absolute atomic E-state index is 11.6. The minimum Gasteiger partial charge on any atom is -0.325 e. The highest BCUT2D eigenvalue weighted by atomic mass is 79.9. The molecule has 0 aliphatic rings. The third-order valence-electron chi connectivity index (χ3n) is 2.18. The summed E-state index contributed by atoms with van der Waals surface area (Å²) in [4.78, 5) is 22.5. The van der Waals surface area contributed by atoms with E-state index in [1.807, 2.05) is 6.92 Å². The number of ketones is 1. The van der Waals surface area contributed by atoms with E-state index in [0.717, 1.165) is 6.42 Å². The number of hydrogen-bond donors (Lipinski definition) is 1. The average Bonchev–Trinajstić information content (AvgIpc) is 2.28. The van der Waals surface area contributed by atoms with Crippen LogP contribution in [0.3, 0.4) is 0 Å². The first-order chi connectivity index (χ1) is 7.54. The van der Waals surface area contributed by atoms with E-state index in [2.05, 4.69) is 21.2 Å². The van der Waals surface area contributed by atoms with E-state index < -0.39 is 0 Å². The number of halogens is 1. The second-order valence-electron chi connectivity index (χ2n) is 3.50. The van der Waals surface area contributed by atoms with Crippen LogP contribution in [-0.4, -0.2) is 16.5 Å². The molecule has 86 valence electrons. The summed E-state index contributed by atoms with van der Waals surface area (Å²) in [6, 6.07) is 6.92. The van der Waals surface area contributed by atoms with E-state index in [-0.39, 0.29) is 16.5 Å². The quantitative estimate of drug-likeness (QED) is 0.682. The lowest BCUT2D eigenvalue weighted by atomic mass is 10.1. The van der Waals surface area contributed by atoms with Crippen LogP contribution in [0.25, 0.3) is 0 Å². The van der Waals surface area contributed by atoms with Crippen molar-refractivity contribution in [1.82, 2.24) is 0 Å². The minimum atomic E-state index is -0.200. The van der Waals surface area contributed by atoms with E-state index in [9.17, 15) is 9.59 Å². The fourth-order valence-electron chi connectivity index (χ4n) is 1.22. The number of carbonyl (C=O) groups is 2. The molecule has 1 aromatic carbocycles. The van der Waals surface area contributed by atoms with Gasteiger partial charge in [0.15, 0.2) is 5.78 Å². The van der Waals surface area contributed by atoms with Crippen LogP contribution in [0, 0.1) is 0 Å². The van der Waals surface area contributed by atoms with Gasteiger partial charge in [0.2, 0.25) is 5.91 Å². The van der Waals surface area contributed by atoms with Crippen LogP contribution < -0.4 is 5.32 Å². The highest BCUT2D eigenvalue weighted by molar-refractivity contribution is 9.10. The van der Waals surface area contributed by atoms with Crippen molar-refractivity contribution in [2.24, 2.45) is 0 Å². The van der Waals surface area contributed by atoms with Gasteiger partial charge in [0.25, 0.3) is 0 Å². The number of carbonyl (C=O) groups excluding carboxylic acids is 2. The zero-order chi connectivity index (χ0) is 12.1. The third-order valence-corrected chi connectivity index (χ3v) is 3.24. The summed E-state index contributed by atoms with van der Waals surface area (Å²) >= 11 is 3.27. The van der Waals surface area contributed by atoms with Crippen LogP contribution in [0.15, 0.2) is 24.3 Å². The first-order valence-electron chi connectivity index (χ1n) is 5.10. The zero-order valence-corrected chi connectivity index (χ0v) is 10.9. The molecule has 1 aromatic rings. The van der Waals surface area contributed by atoms with Gasteiger partial charge in [-0.1, -0.05) is 35.0 Å². The fourth-order valence-corrected chi connectivity index (χ4v) is 1.34. The van der Waals surface area contributed by atoms with Crippen molar-refractivity contribution in [1.29, 1.82) is 0 Å². The number of Topliss-reactive ketones (excluding diaryl/α,β-unsaturated/α-hetero) is 1. The molecule has 0 spiro atoms. The van der Waals surface area contributed by atoms with Gasteiger partial charge in [-0.15, -0.1) is 0 Å². The average molecular weight is 284 g/mol. The number of benzene rings is 1. The molecule has 0 radical (unpaired) electrons. The molecule has 0 fully saturated rings. The maximum Gasteiger partial charge on any atom is 0.238 e. The zero-order valence-electron chi connectivity index (χ0n) is 9.29. The van der Waals surface area contributed by atoms with E-state index in [4.69, 9.17) is 0 Å². The Labute approximate surface area is 103 Å². The predicted molar refractivity (Wildman–Crippen MR) is 68.1 cm³/mol. The summed E-state index contributed by atoms with van der Waals surface area (Å²) in [5.74, 6) is -0.106. The summed E-state index contributed by atoms with van der Waals surface area (Å²) in [6.45, 7) is 3.42. The topological polar surface area (TPSA) is 46.2 Å². The van der Waals surface area contributed by atoms with Crippen molar-refractivity contribution in [3.8, 4) is 0 Å². The normalized spacial score (nSPS) is 11.9. The number of rotatable bonds is 4. The second-order valence-corrected chi connectivity index (χ2v) is 4.61. The van der Waals surface area contributed by atoms with Crippen LogP contribution in [0.1, 0.15) is 30.6 Å². The van der Waals surface area contributed by atoms with E-state index in [1.54, 1.807) is 24.3 Å². The summed E-state index contributed by atoms with van der Waals surface area (Å²) < 4.78 is 0. The summed E-state index contributed by atoms with van der Waals surface area (Å²) in [6.07, 6.45) is 0.720. The van der Waals surface area contributed by atoms with Crippen molar-refractivity contribution in [3.05, 3.63) is 29.8 Å². The van der Waals surface area contributed by atoms with Crippen molar-refractivity contribution in [2.45, 2.75) is 25.1 Å². The van der Waals surface area contributed by atoms with Crippen molar-refractivity contribution in [2.75, 3.05) is 5.32 Å². The molecule has 0 saturated carbocycles. The van der Waals surface area contributed by atoms with E-state index >= 15 is 0 Å². The van der Waals surface area contributed by atoms with E-state index in [0.29, 0.717) is 11.3 Å². The molecule has 4 heteroatoms. The van der Waals surface area contributed by atoms with Crippen molar-refractivity contribution in [3.63, 3.8) is 0 Å². The fraction of sp³-hybridized carbons (Fsp3) is 0.333. The lowest BCUT2D eigenvalue weighted by molar-refractivity contribution is -0.115. The lowest BCUT2D eigenvalue weighted by Crippen LogP contribution is -2.22. The highest BCUT2D eigenvalue weighted by Gasteiger charge is 2.12. The van der Waals surface area contributed by atoms with Crippen molar-refractivity contribution < 1.29 is 9.59 Å². The molecule has 1 atom stereocenters. The third kappa shape index (κ3) is 3.45. The minimum absolute atomic E-state index is 0.0121. The second kappa shape index (κ2) is 5.80. The SMILES string of the molecule is CC[C@@H](Br)C(=O)Nc1cccc(C(C)=O)c1. The Morgan fingerprint density at radius 2 is 2.12 bits per heavy atom. The largest absolute Gasteiger partial charge is 0.325 e. The monoisotopic (exact) mass is 283 g/mol. The smallest absolute Gasteiger partial charge is 0.238 e. The van der Waals surface area contributed by atoms with Crippen molar-refractivity contribution >= 4 is 33.3 Å². The van der Waals surface area contributed by atoms with Gasteiger partial charge in [0, 0.05) is 11.3 Å². The summed E-state index contributed by atoms with van der Waals surface area (Å²) in [7, 11) is 0. The van der Waals surface area contributed by atoms with Gasteiger partial charge in [-0.2, -0.15) is 0 Å². The van der Waals surface area contributed by atoms with Crippen LogP contribution in [0.5, 0.6) is 0 Å². The van der Waals surface area contributed by atoms with Crippen LogP contribution >= 0.6 is 15.9 Å². The van der Waals surface area contributed by atoms with E-state index in [1.165, 1.54) is 6.92 Å². The molecule has 0 heterocycles. The van der Waals surface area contributed by atoms with Crippen LogP contribution in [0.4, 0.5) is 5.69 Å². The maximum atomic E-state index is 11.6. The molecule has 0 aliphatic heterocycles. The van der Waals surface area contributed by atoms with Gasteiger partial charge in [-0.3, -0.25) is 9.59 Å². The van der Waals surface area contributed by atoms with Gasteiger partial charge in [0.1, 0.15) is 0 Å². The van der Waals surface area contributed by atoms with Gasteiger partial charge in [-0.05, 0) is 25.5 Å². The number of hydrogen-bond acceptors (Lipinski definition) is 2. The first-order valence-corrected chi connectivity index (χ1v) is 6.02. The Balaban J connectivity index is 2.78. The Morgan fingerprint density at radius 1 is 1.44 bits per heavy atom. The molecule has 0 aliphatic carbocycles. The molecule has 0 unspecified atom stereocenters. The molecule has 0 saturated heterocycles. The van der Waals surface area contributed by atoms with Gasteiger partial charge >= 0.3 is 0 Å². The van der Waals surface area contributed by atoms with Gasteiger partial charge in [0.05, 0.1) is 4.83 Å². The first kappa shape index (κ1) is 12.9. The molecule has 3 nitrogen and oxygen atoms in total. The molecule has 16 heavy (non-hydrogen) atoms. The highest BCUT2D eigenvalue weighted by Crippen LogP contribution is 2.13. The van der Waals surface area contributed by atoms with Crippen LogP contribution in [0.2, 0.25) is 0 Å². The van der Waals surface area contributed by atoms with Gasteiger partial charge in [-0.25, -0.2) is 0 Å². The number of alkyl halides is 1. The number of anilines is 1. The molecular formula is C12H14BrNO2. The predicted octanol–water partition coefficient (Wildman–Crippen LogP) is 3.00.